The molecule has 0 unspecified atom stereocenters. The first-order valence-electron chi connectivity index (χ1n) is 8.99. The topological polar surface area (TPSA) is 67.1 Å². The van der Waals surface area contributed by atoms with Crippen molar-refractivity contribution < 1.29 is 17.6 Å². The smallest absolute Gasteiger partial charge is 0.351 e. The predicted molar refractivity (Wildman–Crippen MR) is 106 cm³/mol. The van der Waals surface area contributed by atoms with E-state index in [1.54, 1.807) is 15.9 Å². The van der Waals surface area contributed by atoms with Crippen LogP contribution in [0.2, 0.25) is 0 Å². The lowest BCUT2D eigenvalue weighted by molar-refractivity contribution is -0.138. The summed E-state index contributed by atoms with van der Waals surface area (Å²) in [4.78, 5) is 5.31. The third kappa shape index (κ3) is 5.56. The Kier molecular flexibility index (Phi) is 6.70. The molecule has 3 rings (SSSR count). The summed E-state index contributed by atoms with van der Waals surface area (Å²) >= 11 is 1.54. The van der Waals surface area contributed by atoms with Gasteiger partial charge >= 0.3 is 6.18 Å². The molecule has 30 heavy (non-hydrogen) atoms. The second-order valence-corrected chi connectivity index (χ2v) is 7.51. The van der Waals surface area contributed by atoms with Gasteiger partial charge in [-0.3, -0.25) is 0 Å². The molecular weight excluding hydrogens is 420 g/mol. The fourth-order valence-electron chi connectivity index (χ4n) is 2.64. The van der Waals surface area contributed by atoms with Crippen LogP contribution in [0.1, 0.15) is 27.7 Å². The molecule has 0 spiro atoms. The fourth-order valence-corrected chi connectivity index (χ4v) is 3.29. The number of aromatic nitrogens is 3. The first-order chi connectivity index (χ1) is 14.2. The van der Waals surface area contributed by atoms with E-state index >= 15 is 0 Å². The molecule has 0 aliphatic rings. The van der Waals surface area contributed by atoms with Crippen molar-refractivity contribution in [3.05, 3.63) is 69.2 Å². The van der Waals surface area contributed by atoms with Crippen LogP contribution in [-0.4, -0.2) is 20.7 Å². The van der Waals surface area contributed by atoms with Gasteiger partial charge in [-0.15, -0.1) is 21.5 Å². The van der Waals surface area contributed by atoms with Gasteiger partial charge in [-0.1, -0.05) is 12.1 Å². The highest BCUT2D eigenvalue weighted by atomic mass is 32.1. The Hall–Kier alpha value is -2.95. The van der Waals surface area contributed by atoms with E-state index in [-0.39, 0.29) is 18.7 Å². The maximum absolute atomic E-state index is 13.3. The average Bonchev–Trinajstić information content (AvgIpc) is 3.32. The van der Waals surface area contributed by atoms with Crippen LogP contribution in [0.5, 0.6) is 0 Å². The first-order valence-corrected chi connectivity index (χ1v) is 9.87. The number of nitrogens with one attached hydrogen (secondary N) is 2. The highest BCUT2D eigenvalue weighted by Gasteiger charge is 2.33. The van der Waals surface area contributed by atoms with Crippen molar-refractivity contribution >= 4 is 17.3 Å². The van der Waals surface area contributed by atoms with Crippen LogP contribution < -0.4 is 10.6 Å². The number of thiophene rings is 1. The molecule has 3 aromatic rings. The van der Waals surface area contributed by atoms with Crippen molar-refractivity contribution in [2.45, 2.75) is 32.7 Å². The second kappa shape index (κ2) is 9.24. The Labute approximate surface area is 174 Å². The fraction of sp³-hybridized carbons (Fsp3) is 0.316. The molecule has 0 radical (unpaired) electrons. The van der Waals surface area contributed by atoms with E-state index in [9.17, 15) is 17.6 Å². The van der Waals surface area contributed by atoms with Gasteiger partial charge in [0.25, 0.3) is 0 Å². The molecule has 2 N–H and O–H groups in total. The van der Waals surface area contributed by atoms with Crippen molar-refractivity contribution in [3.63, 3.8) is 0 Å². The van der Waals surface area contributed by atoms with Gasteiger partial charge in [-0.25, -0.2) is 9.38 Å². The standard InChI is InChI=1S/C19H20F4N6S/c1-12-27-28-17(29(12)2)11-26-18(25-10-15-4-3-7-30-15)24-9-13-5-6-14(20)8-16(13)19(21,22)23/h3-8H,9-11H2,1-2H3,(H2,24,25,26). The van der Waals surface area contributed by atoms with Crippen LogP contribution in [0.3, 0.4) is 0 Å². The van der Waals surface area contributed by atoms with E-state index in [0.717, 1.165) is 22.8 Å². The third-order valence-corrected chi connectivity index (χ3v) is 5.27. The van der Waals surface area contributed by atoms with E-state index < -0.39 is 17.6 Å². The lowest BCUT2D eigenvalue weighted by atomic mass is 10.1. The summed E-state index contributed by atoms with van der Waals surface area (Å²) in [6.45, 7) is 2.28. The molecule has 6 nitrogen and oxygen atoms in total. The first kappa shape index (κ1) is 21.8. The highest BCUT2D eigenvalue weighted by molar-refractivity contribution is 7.09. The minimum atomic E-state index is -4.67. The van der Waals surface area contributed by atoms with Crippen LogP contribution >= 0.6 is 11.3 Å². The second-order valence-electron chi connectivity index (χ2n) is 6.47. The monoisotopic (exact) mass is 440 g/mol. The molecule has 0 saturated heterocycles. The number of halogens is 4. The van der Waals surface area contributed by atoms with Crippen LogP contribution in [0, 0.1) is 12.7 Å². The number of rotatable bonds is 6. The number of guanidine groups is 1. The molecular formula is C19H20F4N6S. The minimum Gasteiger partial charge on any atom is -0.351 e. The van der Waals surface area contributed by atoms with Crippen molar-refractivity contribution in [1.82, 2.24) is 25.4 Å². The number of benzene rings is 1. The SMILES string of the molecule is Cc1nnc(CNC(=NCc2ccc(F)cc2C(F)(F)F)NCc2cccs2)n1C. The maximum Gasteiger partial charge on any atom is 0.416 e. The summed E-state index contributed by atoms with van der Waals surface area (Å²) in [5, 5.41) is 16.1. The maximum atomic E-state index is 13.3. The lowest BCUT2D eigenvalue weighted by Crippen LogP contribution is -2.37. The Bertz CT molecular complexity index is 1010. The number of aliphatic imine (C=N–C) groups is 1. The molecule has 2 heterocycles. The molecule has 2 aromatic heterocycles. The summed E-state index contributed by atoms with van der Waals surface area (Å²) in [5.41, 5.74) is -1.15. The molecule has 0 amide bonds. The molecule has 0 saturated carbocycles. The highest BCUT2D eigenvalue weighted by Crippen LogP contribution is 2.32. The Morgan fingerprint density at radius 2 is 1.93 bits per heavy atom. The van der Waals surface area contributed by atoms with E-state index in [2.05, 4.69) is 25.8 Å². The Morgan fingerprint density at radius 3 is 2.57 bits per heavy atom. The van der Waals surface area contributed by atoms with Crippen molar-refractivity contribution in [1.29, 1.82) is 0 Å². The normalized spacial score (nSPS) is 12.3. The van der Waals surface area contributed by atoms with Gasteiger partial charge in [0.2, 0.25) is 0 Å². The van der Waals surface area contributed by atoms with Gasteiger partial charge in [0.15, 0.2) is 11.8 Å². The molecule has 0 fully saturated rings. The Balaban J connectivity index is 1.78. The number of hydrogen-bond acceptors (Lipinski definition) is 4. The molecule has 160 valence electrons. The van der Waals surface area contributed by atoms with E-state index in [4.69, 9.17) is 0 Å². The molecule has 0 aliphatic heterocycles. The molecule has 0 aliphatic carbocycles. The zero-order valence-electron chi connectivity index (χ0n) is 16.3. The summed E-state index contributed by atoms with van der Waals surface area (Å²) in [5.74, 6) is 0.747. The summed E-state index contributed by atoms with van der Waals surface area (Å²) in [6, 6.07) is 6.42. The number of hydrogen-bond donors (Lipinski definition) is 2. The van der Waals surface area contributed by atoms with Crippen LogP contribution in [-0.2, 0) is 32.9 Å². The molecule has 0 bridgehead atoms. The van der Waals surface area contributed by atoms with E-state index in [1.165, 1.54) is 0 Å². The van der Waals surface area contributed by atoms with Crippen molar-refractivity contribution in [2.75, 3.05) is 0 Å². The van der Waals surface area contributed by atoms with Crippen molar-refractivity contribution in [2.24, 2.45) is 12.0 Å². The van der Waals surface area contributed by atoms with Gasteiger partial charge in [0, 0.05) is 11.9 Å². The quantitative estimate of drug-likeness (QED) is 0.348. The van der Waals surface area contributed by atoms with Gasteiger partial charge in [-0.2, -0.15) is 13.2 Å². The number of aryl methyl sites for hydroxylation is 1. The predicted octanol–water partition coefficient (Wildman–Crippen LogP) is 3.78. The van der Waals surface area contributed by atoms with Gasteiger partial charge < -0.3 is 15.2 Å². The summed E-state index contributed by atoms with van der Waals surface area (Å²) in [6.07, 6.45) is -4.67. The van der Waals surface area contributed by atoms with E-state index in [1.807, 2.05) is 31.5 Å². The summed E-state index contributed by atoms with van der Waals surface area (Å²) in [7, 11) is 1.82. The third-order valence-electron chi connectivity index (χ3n) is 4.39. The largest absolute Gasteiger partial charge is 0.416 e. The number of nitrogens with zero attached hydrogens (tertiary/aromatic N) is 4. The number of alkyl halides is 3. The lowest BCUT2D eigenvalue weighted by Gasteiger charge is -2.14. The molecule has 11 heteroatoms. The zero-order chi connectivity index (χ0) is 21.7. The minimum absolute atomic E-state index is 0.115. The van der Waals surface area contributed by atoms with Crippen LogP contribution in [0.15, 0.2) is 40.7 Å². The van der Waals surface area contributed by atoms with Gasteiger partial charge in [-0.05, 0) is 36.1 Å². The van der Waals surface area contributed by atoms with Crippen LogP contribution in [0.25, 0.3) is 0 Å². The Morgan fingerprint density at radius 1 is 1.17 bits per heavy atom. The van der Waals surface area contributed by atoms with Gasteiger partial charge in [0.05, 0.1) is 25.2 Å². The van der Waals surface area contributed by atoms with Gasteiger partial charge in [0.1, 0.15) is 11.6 Å². The van der Waals surface area contributed by atoms with E-state index in [0.29, 0.717) is 24.4 Å². The molecule has 1 aromatic carbocycles. The van der Waals surface area contributed by atoms with Crippen molar-refractivity contribution in [3.8, 4) is 0 Å². The average molecular weight is 440 g/mol. The van der Waals surface area contributed by atoms with Crippen LogP contribution in [0.4, 0.5) is 17.6 Å². The molecule has 0 atom stereocenters. The summed E-state index contributed by atoms with van der Waals surface area (Å²) < 4.78 is 54.8. The zero-order valence-corrected chi connectivity index (χ0v) is 17.1.